The maximum Gasteiger partial charge on any atom is 1.00 e. The Morgan fingerprint density at radius 2 is 1.44 bits per heavy atom. The van der Waals surface area contributed by atoms with E-state index in [9.17, 15) is 14.7 Å². The topological polar surface area (TPSA) is 107 Å². The second-order valence-corrected chi connectivity index (χ2v) is 5.71. The summed E-state index contributed by atoms with van der Waals surface area (Å²) in [5.74, 6) is -0.965. The van der Waals surface area contributed by atoms with E-state index in [0.717, 1.165) is 44.9 Å². The summed E-state index contributed by atoms with van der Waals surface area (Å²) >= 11 is 0. The quantitative estimate of drug-likeness (QED) is 0.244. The number of hydrogen-bond donors (Lipinski definition) is 4. The number of aliphatic hydroxyl groups is 1. The smallest absolute Gasteiger partial charge is 1.00 e. The van der Waals surface area contributed by atoms with Crippen LogP contribution in [0, 0.1) is 0 Å². The average Bonchev–Trinajstić information content (AvgIpc) is 2.57. The fourth-order valence-corrected chi connectivity index (χ4v) is 2.25. The van der Waals surface area contributed by atoms with Gasteiger partial charge in [0.15, 0.2) is 0 Å². The number of nitrogens with one attached hydrogen (secondary N) is 1. The van der Waals surface area contributed by atoms with Crippen LogP contribution in [-0.2, 0) is 4.79 Å². The third-order valence-corrected chi connectivity index (χ3v) is 3.50. The molecule has 1 rings (SSSR count). The minimum atomic E-state index is -0.722. The molecule has 0 heterocycles. The molecular formula is C19H33NNa2O5. The molecule has 0 aromatic heterocycles. The normalized spacial score (nSPS) is 9.11. The zero-order chi connectivity index (χ0) is 18.9. The van der Waals surface area contributed by atoms with E-state index in [0.29, 0.717) is 12.1 Å². The minimum absolute atomic E-state index is 0. The van der Waals surface area contributed by atoms with E-state index in [-0.39, 0.29) is 86.7 Å². The van der Waals surface area contributed by atoms with Crippen LogP contribution in [-0.4, -0.2) is 40.3 Å². The number of carboxylic acids is 1. The Morgan fingerprint density at radius 3 is 1.96 bits per heavy atom. The Kier molecular flexibility index (Phi) is 26.0. The van der Waals surface area contributed by atoms with E-state index in [1.807, 2.05) is 0 Å². The van der Waals surface area contributed by atoms with Crippen molar-refractivity contribution in [2.75, 3.05) is 13.2 Å². The first-order valence-corrected chi connectivity index (χ1v) is 8.91. The van der Waals surface area contributed by atoms with Gasteiger partial charge >= 0.3 is 65.1 Å². The Bertz CT molecular complexity index is 511. The van der Waals surface area contributed by atoms with Gasteiger partial charge in [-0.15, -0.1) is 0 Å². The van der Waals surface area contributed by atoms with Crippen LogP contribution in [0.4, 0.5) is 0 Å². The molecule has 0 aliphatic heterocycles. The number of unbranched alkanes of at least 4 members (excludes halogenated alkanes) is 6. The number of aliphatic hydroxyl groups excluding tert-OH is 1. The standard InChI is InChI=1S/C17H25NO4.C2H6O.2Na.2H/c19-15-11-8-7-10-14(15)17(22)18-13-9-5-3-1-2-4-6-12-16(20)21;1-2-3;;;;/h7-8,10-11,19H,1-6,9,12-13H2,(H,18,22)(H,20,21);3H,2H2,1H3;;;;/q;;2*+1;2*-1. The zero-order valence-corrected chi connectivity index (χ0v) is 21.0. The van der Waals surface area contributed by atoms with Gasteiger partial charge < -0.3 is 23.5 Å². The molecule has 0 atom stereocenters. The number of phenolic OH excluding ortho intramolecular Hbond substituents is 1. The van der Waals surface area contributed by atoms with Crippen LogP contribution >= 0.6 is 0 Å². The van der Waals surface area contributed by atoms with E-state index in [4.69, 9.17) is 10.2 Å². The summed E-state index contributed by atoms with van der Waals surface area (Å²) in [6, 6.07) is 6.50. The van der Waals surface area contributed by atoms with Crippen LogP contribution in [0.15, 0.2) is 24.3 Å². The molecule has 6 nitrogen and oxygen atoms in total. The van der Waals surface area contributed by atoms with Crippen molar-refractivity contribution in [2.24, 2.45) is 0 Å². The van der Waals surface area contributed by atoms with Gasteiger partial charge in [0.1, 0.15) is 5.75 Å². The van der Waals surface area contributed by atoms with Gasteiger partial charge in [-0.2, -0.15) is 0 Å². The number of aliphatic carboxylic acids is 1. The van der Waals surface area contributed by atoms with Gasteiger partial charge in [0.25, 0.3) is 5.91 Å². The van der Waals surface area contributed by atoms with E-state index in [2.05, 4.69) is 5.32 Å². The molecule has 0 saturated carbocycles. The third-order valence-electron chi connectivity index (χ3n) is 3.50. The van der Waals surface area contributed by atoms with Crippen LogP contribution in [0.2, 0.25) is 0 Å². The molecule has 8 heteroatoms. The van der Waals surface area contributed by atoms with Crippen molar-refractivity contribution in [2.45, 2.75) is 58.3 Å². The molecule has 1 amide bonds. The van der Waals surface area contributed by atoms with Crippen molar-refractivity contribution in [3.8, 4) is 5.75 Å². The van der Waals surface area contributed by atoms with Crippen molar-refractivity contribution >= 4 is 11.9 Å². The average molecular weight is 401 g/mol. The number of carbonyl (C=O) groups is 2. The molecular weight excluding hydrogens is 368 g/mol. The monoisotopic (exact) mass is 401 g/mol. The van der Waals surface area contributed by atoms with E-state index >= 15 is 0 Å². The maximum absolute atomic E-state index is 11.8. The molecule has 0 aliphatic carbocycles. The fraction of sp³-hybridized carbons (Fsp3) is 0.579. The largest absolute Gasteiger partial charge is 1.00 e. The summed E-state index contributed by atoms with van der Waals surface area (Å²) in [5.41, 5.74) is 0.306. The van der Waals surface area contributed by atoms with Crippen molar-refractivity contribution < 1.29 is 86.9 Å². The SMILES string of the molecule is CCO.O=C(O)CCCCCCCCCNC(=O)c1ccccc1O.[H-].[H-].[Na+].[Na+]. The molecule has 0 fully saturated rings. The van der Waals surface area contributed by atoms with Crippen molar-refractivity contribution in [1.82, 2.24) is 5.32 Å². The molecule has 0 radical (unpaired) electrons. The summed E-state index contributed by atoms with van der Waals surface area (Å²) in [4.78, 5) is 22.1. The first kappa shape index (κ1) is 31.6. The number of amides is 1. The Hall–Kier alpha value is -0.0800. The second-order valence-electron chi connectivity index (χ2n) is 5.71. The molecule has 1 aromatic rings. The summed E-state index contributed by atoms with van der Waals surface area (Å²) in [6.07, 6.45) is 7.21. The molecule has 27 heavy (non-hydrogen) atoms. The third kappa shape index (κ3) is 19.0. The molecule has 4 N–H and O–H groups in total. The minimum Gasteiger partial charge on any atom is -1.00 e. The number of benzene rings is 1. The van der Waals surface area contributed by atoms with Gasteiger partial charge in [0.05, 0.1) is 5.56 Å². The van der Waals surface area contributed by atoms with E-state index < -0.39 is 5.97 Å². The van der Waals surface area contributed by atoms with Crippen LogP contribution in [0.25, 0.3) is 0 Å². The molecule has 0 spiro atoms. The number of para-hydroxylation sites is 1. The van der Waals surface area contributed by atoms with E-state index in [1.165, 1.54) is 6.07 Å². The number of carboxylic acid groups (broad SMARTS) is 1. The van der Waals surface area contributed by atoms with Gasteiger partial charge in [0.2, 0.25) is 0 Å². The number of aromatic hydroxyl groups is 1. The van der Waals surface area contributed by atoms with Crippen molar-refractivity contribution in [3.63, 3.8) is 0 Å². The van der Waals surface area contributed by atoms with Crippen LogP contribution in [0.5, 0.6) is 5.75 Å². The van der Waals surface area contributed by atoms with Gasteiger partial charge in [-0.1, -0.05) is 44.2 Å². The first-order chi connectivity index (χ1) is 12.0. The van der Waals surface area contributed by atoms with Crippen molar-refractivity contribution in [3.05, 3.63) is 29.8 Å². The zero-order valence-electron chi connectivity index (χ0n) is 19.0. The van der Waals surface area contributed by atoms with Gasteiger partial charge in [0, 0.05) is 19.6 Å². The summed E-state index contributed by atoms with van der Waals surface area (Å²) in [7, 11) is 0. The number of rotatable bonds is 11. The maximum atomic E-state index is 11.8. The summed E-state index contributed by atoms with van der Waals surface area (Å²) < 4.78 is 0. The fourth-order valence-electron chi connectivity index (χ4n) is 2.25. The molecule has 0 saturated heterocycles. The second kappa shape index (κ2) is 22.2. The molecule has 146 valence electrons. The van der Waals surface area contributed by atoms with Gasteiger partial charge in [-0.3, -0.25) is 9.59 Å². The van der Waals surface area contributed by atoms with Gasteiger partial charge in [-0.05, 0) is 31.9 Å². The molecule has 0 bridgehead atoms. The molecule has 0 unspecified atom stereocenters. The van der Waals surface area contributed by atoms with Crippen LogP contribution in [0.1, 0.15) is 71.5 Å². The molecule has 0 aliphatic rings. The van der Waals surface area contributed by atoms with E-state index in [1.54, 1.807) is 25.1 Å². The predicted octanol–water partition coefficient (Wildman–Crippen LogP) is -2.44. The Morgan fingerprint density at radius 1 is 0.963 bits per heavy atom. The summed E-state index contributed by atoms with van der Waals surface area (Å²) in [6.45, 7) is 2.53. The van der Waals surface area contributed by atoms with Crippen LogP contribution < -0.4 is 64.4 Å². The number of carbonyl (C=O) groups excluding carboxylic acids is 1. The predicted molar refractivity (Wildman–Crippen MR) is 100.0 cm³/mol. The van der Waals surface area contributed by atoms with Crippen LogP contribution in [0.3, 0.4) is 0 Å². The number of hydrogen-bond acceptors (Lipinski definition) is 4. The van der Waals surface area contributed by atoms with Crippen molar-refractivity contribution in [1.29, 1.82) is 0 Å². The Balaban J connectivity index is -0.000000258. The first-order valence-electron chi connectivity index (χ1n) is 8.91. The molecule has 1 aromatic carbocycles. The number of phenols is 1. The summed E-state index contributed by atoms with van der Waals surface area (Å²) in [5, 5.41) is 28.4. The Labute approximate surface area is 209 Å². The van der Waals surface area contributed by atoms with Gasteiger partial charge in [-0.25, -0.2) is 0 Å².